The maximum absolute atomic E-state index is 13.1. The van der Waals surface area contributed by atoms with E-state index in [9.17, 15) is 18.0 Å². The van der Waals surface area contributed by atoms with E-state index in [1.165, 1.54) is 11.3 Å². The summed E-state index contributed by atoms with van der Waals surface area (Å²) >= 11 is 1.17. The number of nitrogens with one attached hydrogen (secondary N) is 1. The Morgan fingerprint density at radius 2 is 1.88 bits per heavy atom. The Hall–Kier alpha value is -2.49. The van der Waals surface area contributed by atoms with Crippen molar-refractivity contribution in [2.24, 2.45) is 0 Å². The second-order valence-electron chi connectivity index (χ2n) is 7.98. The number of nitrogens with zero attached hydrogens (tertiary/aromatic N) is 2. The molecule has 1 aliphatic heterocycles. The van der Waals surface area contributed by atoms with Crippen molar-refractivity contribution in [3.63, 3.8) is 0 Å². The Morgan fingerprint density at radius 1 is 1.12 bits per heavy atom. The highest BCUT2D eigenvalue weighted by Crippen LogP contribution is 2.27. The Morgan fingerprint density at radius 3 is 2.62 bits per heavy atom. The number of carbonyl (C=O) groups is 1. The average molecular weight is 474 g/mol. The van der Waals surface area contributed by atoms with Gasteiger partial charge in [-0.25, -0.2) is 8.42 Å². The van der Waals surface area contributed by atoms with Gasteiger partial charge in [0.05, 0.1) is 15.1 Å². The first-order valence-electron chi connectivity index (χ1n) is 10.9. The molecule has 0 saturated carbocycles. The first-order valence-corrected chi connectivity index (χ1v) is 13.2. The molecule has 7 nitrogen and oxygen atoms in total. The number of anilines is 1. The van der Waals surface area contributed by atoms with E-state index in [0.717, 1.165) is 35.9 Å². The Balaban J connectivity index is 1.40. The first kappa shape index (κ1) is 22.7. The summed E-state index contributed by atoms with van der Waals surface area (Å²) in [6, 6.07) is 13.9. The fourth-order valence-corrected chi connectivity index (χ4v) is 6.89. The quantitative estimate of drug-likeness (QED) is 0.561. The molecule has 9 heteroatoms. The molecule has 0 bridgehead atoms. The standard InChI is InChI=1S/C23H27N3O4S2/c1-2-18-7-5-6-15-26(18)32(29,30)19-12-10-17(11-13-19)24-22(27)14-16-25-20-8-3-4-9-21(20)31-23(25)28/h3-4,8-13,18H,2,5-7,14-16H2,1H3,(H,24,27)/t18-/m0/s1. The van der Waals surface area contributed by atoms with Crippen molar-refractivity contribution < 1.29 is 13.2 Å². The summed E-state index contributed by atoms with van der Waals surface area (Å²) in [5.74, 6) is -0.232. The van der Waals surface area contributed by atoms with Gasteiger partial charge in [0.1, 0.15) is 0 Å². The van der Waals surface area contributed by atoms with Crippen LogP contribution in [0.1, 0.15) is 39.0 Å². The molecule has 2 aromatic carbocycles. The lowest BCUT2D eigenvalue weighted by molar-refractivity contribution is -0.116. The van der Waals surface area contributed by atoms with E-state index in [-0.39, 0.29) is 34.7 Å². The van der Waals surface area contributed by atoms with Crippen LogP contribution >= 0.6 is 11.3 Å². The van der Waals surface area contributed by atoms with E-state index >= 15 is 0 Å². The molecule has 32 heavy (non-hydrogen) atoms. The van der Waals surface area contributed by atoms with Crippen molar-refractivity contribution in [3.8, 4) is 0 Å². The Kier molecular flexibility index (Phi) is 6.78. The van der Waals surface area contributed by atoms with Gasteiger partial charge >= 0.3 is 4.87 Å². The van der Waals surface area contributed by atoms with Crippen LogP contribution in [0, 0.1) is 0 Å². The van der Waals surface area contributed by atoms with Gasteiger partial charge in [0.2, 0.25) is 15.9 Å². The molecule has 1 aliphatic rings. The minimum absolute atomic E-state index is 0.0460. The zero-order valence-electron chi connectivity index (χ0n) is 18.0. The number of benzene rings is 2. The third-order valence-electron chi connectivity index (χ3n) is 5.93. The highest BCUT2D eigenvalue weighted by atomic mass is 32.2. The number of hydrogen-bond donors (Lipinski definition) is 1. The summed E-state index contributed by atoms with van der Waals surface area (Å²) in [4.78, 5) is 24.8. The number of aromatic nitrogens is 1. The molecule has 1 saturated heterocycles. The number of rotatable bonds is 7. The van der Waals surface area contributed by atoms with Gasteiger partial charge in [-0.15, -0.1) is 0 Å². The van der Waals surface area contributed by atoms with Crippen LogP contribution in [0.3, 0.4) is 0 Å². The number of para-hydroxylation sites is 1. The van der Waals surface area contributed by atoms with Gasteiger partial charge in [0.15, 0.2) is 0 Å². The normalized spacial score (nSPS) is 17.5. The molecule has 0 unspecified atom stereocenters. The molecule has 2 heterocycles. The average Bonchev–Trinajstić information content (AvgIpc) is 3.13. The molecule has 4 rings (SSSR count). The molecule has 1 aromatic heterocycles. The smallest absolute Gasteiger partial charge is 0.308 e. The van der Waals surface area contributed by atoms with Gasteiger partial charge in [-0.1, -0.05) is 36.8 Å². The van der Waals surface area contributed by atoms with E-state index < -0.39 is 10.0 Å². The summed E-state index contributed by atoms with van der Waals surface area (Å²) in [6.07, 6.45) is 3.78. The van der Waals surface area contributed by atoms with Gasteiger partial charge in [-0.05, 0) is 55.7 Å². The van der Waals surface area contributed by atoms with Crippen LogP contribution in [0.2, 0.25) is 0 Å². The highest BCUT2D eigenvalue weighted by Gasteiger charge is 2.32. The predicted octanol–water partition coefficient (Wildman–Crippen LogP) is 4.05. The maximum Gasteiger partial charge on any atom is 0.308 e. The molecular formula is C23H27N3O4S2. The molecule has 0 aliphatic carbocycles. The summed E-state index contributed by atoms with van der Waals surface area (Å²) in [5.41, 5.74) is 1.36. The van der Waals surface area contributed by atoms with Crippen LogP contribution in [0.15, 0.2) is 58.2 Å². The summed E-state index contributed by atoms with van der Waals surface area (Å²) < 4.78 is 30.3. The van der Waals surface area contributed by atoms with E-state index in [2.05, 4.69) is 5.32 Å². The van der Waals surface area contributed by atoms with Gasteiger partial charge in [0.25, 0.3) is 0 Å². The largest absolute Gasteiger partial charge is 0.326 e. The molecule has 3 aromatic rings. The molecule has 1 fully saturated rings. The van der Waals surface area contributed by atoms with Gasteiger partial charge < -0.3 is 5.32 Å². The number of hydrogen-bond acceptors (Lipinski definition) is 5. The molecule has 1 amide bonds. The molecule has 170 valence electrons. The molecule has 1 N–H and O–H groups in total. The maximum atomic E-state index is 13.1. The van der Waals surface area contributed by atoms with Crippen LogP contribution in [-0.2, 0) is 21.4 Å². The summed E-state index contributed by atoms with van der Waals surface area (Å²) in [5, 5.41) is 2.79. The van der Waals surface area contributed by atoms with Gasteiger partial charge in [-0.2, -0.15) is 4.31 Å². The number of fused-ring (bicyclic) bond motifs is 1. The van der Waals surface area contributed by atoms with Crippen molar-refractivity contribution in [1.82, 2.24) is 8.87 Å². The number of amides is 1. The SMILES string of the molecule is CC[C@H]1CCCCN1S(=O)(=O)c1ccc(NC(=O)CCn2c(=O)sc3ccccc32)cc1. The van der Waals surface area contributed by atoms with Crippen molar-refractivity contribution in [2.45, 2.75) is 56.5 Å². The van der Waals surface area contributed by atoms with E-state index in [1.54, 1.807) is 33.1 Å². The van der Waals surface area contributed by atoms with Crippen molar-refractivity contribution in [1.29, 1.82) is 0 Å². The second kappa shape index (κ2) is 9.56. The molecule has 0 radical (unpaired) electrons. The second-order valence-corrected chi connectivity index (χ2v) is 10.9. The van der Waals surface area contributed by atoms with E-state index in [4.69, 9.17) is 0 Å². The third-order valence-corrected chi connectivity index (χ3v) is 8.85. The first-order chi connectivity index (χ1) is 15.4. The highest BCUT2D eigenvalue weighted by molar-refractivity contribution is 7.89. The number of carbonyl (C=O) groups excluding carboxylic acids is 1. The lowest BCUT2D eigenvalue weighted by Crippen LogP contribution is -2.43. The van der Waals surface area contributed by atoms with E-state index in [0.29, 0.717) is 12.2 Å². The number of sulfonamides is 1. The van der Waals surface area contributed by atoms with Gasteiger partial charge in [0, 0.05) is 31.2 Å². The molecule has 1 atom stereocenters. The van der Waals surface area contributed by atoms with Crippen LogP contribution in [0.5, 0.6) is 0 Å². The lowest BCUT2D eigenvalue weighted by Gasteiger charge is -2.34. The van der Waals surface area contributed by atoms with Crippen LogP contribution in [0.4, 0.5) is 5.69 Å². The number of piperidine rings is 1. The number of aryl methyl sites for hydroxylation is 1. The minimum Gasteiger partial charge on any atom is -0.326 e. The van der Waals surface area contributed by atoms with E-state index in [1.807, 2.05) is 31.2 Å². The minimum atomic E-state index is -3.55. The fraction of sp³-hybridized carbons (Fsp3) is 0.391. The summed E-state index contributed by atoms with van der Waals surface area (Å²) in [7, 11) is -3.55. The topological polar surface area (TPSA) is 88.5 Å². The summed E-state index contributed by atoms with van der Waals surface area (Å²) in [6.45, 7) is 2.86. The lowest BCUT2D eigenvalue weighted by atomic mass is 10.0. The van der Waals surface area contributed by atoms with Gasteiger partial charge in [-0.3, -0.25) is 14.2 Å². The third kappa shape index (κ3) is 4.65. The van der Waals surface area contributed by atoms with Crippen molar-refractivity contribution in [3.05, 3.63) is 58.2 Å². The Labute approximate surface area is 191 Å². The zero-order chi connectivity index (χ0) is 22.7. The molecule has 0 spiro atoms. The predicted molar refractivity (Wildman–Crippen MR) is 128 cm³/mol. The van der Waals surface area contributed by atoms with Crippen LogP contribution < -0.4 is 10.2 Å². The van der Waals surface area contributed by atoms with Crippen LogP contribution in [0.25, 0.3) is 10.2 Å². The molecular weight excluding hydrogens is 446 g/mol. The number of thiazole rings is 1. The zero-order valence-corrected chi connectivity index (χ0v) is 19.6. The Bertz CT molecular complexity index is 1260. The van der Waals surface area contributed by atoms with Crippen molar-refractivity contribution >= 4 is 43.2 Å². The van der Waals surface area contributed by atoms with Crippen LogP contribution in [-0.4, -0.2) is 35.8 Å². The fourth-order valence-electron chi connectivity index (χ4n) is 4.21. The van der Waals surface area contributed by atoms with Crippen molar-refractivity contribution in [2.75, 3.05) is 11.9 Å². The monoisotopic (exact) mass is 473 g/mol.